The van der Waals surface area contributed by atoms with Crippen LogP contribution in [-0.4, -0.2) is 36.6 Å². The monoisotopic (exact) mass is 333 g/mol. The average molecular weight is 333 g/mol. The van der Waals surface area contributed by atoms with Crippen molar-refractivity contribution in [2.45, 2.75) is 63.3 Å². The number of rotatable bonds is 2. The van der Waals surface area contributed by atoms with E-state index in [1.165, 1.54) is 43.4 Å². The third-order valence-electron chi connectivity index (χ3n) is 5.99. The lowest BCUT2D eigenvalue weighted by atomic mass is 9.78. The maximum atomic E-state index is 13.1. The van der Waals surface area contributed by atoms with Crippen LogP contribution in [0.25, 0.3) is 0 Å². The molecule has 3 fully saturated rings. The summed E-state index contributed by atoms with van der Waals surface area (Å²) < 4.78 is 5.46. The minimum absolute atomic E-state index is 0.288. The Labute approximate surface area is 143 Å². The summed E-state index contributed by atoms with van der Waals surface area (Å²) >= 11 is 1.77. The standard InChI is InChI=1S/C19H27NO2S/c21-19(20-9-3-5-14-4-1-2-6-17(14)20)16-12-18(23-13-16)15-7-10-22-11-8-15/h12-15,17H,1-11H2. The molecular weight excluding hydrogens is 306 g/mol. The van der Waals surface area contributed by atoms with E-state index < -0.39 is 0 Å². The van der Waals surface area contributed by atoms with Gasteiger partial charge in [0, 0.05) is 36.1 Å². The van der Waals surface area contributed by atoms with Crippen LogP contribution in [0.3, 0.4) is 0 Å². The number of thiophene rings is 1. The van der Waals surface area contributed by atoms with E-state index in [2.05, 4.69) is 16.3 Å². The second-order valence-corrected chi connectivity index (χ2v) is 8.32. The molecule has 1 saturated carbocycles. The van der Waals surface area contributed by atoms with Crippen LogP contribution in [0.4, 0.5) is 0 Å². The summed E-state index contributed by atoms with van der Waals surface area (Å²) in [6.07, 6.45) is 9.90. The van der Waals surface area contributed by atoms with E-state index in [1.807, 2.05) is 0 Å². The molecule has 0 radical (unpaired) electrons. The van der Waals surface area contributed by atoms with E-state index in [9.17, 15) is 4.79 Å². The Morgan fingerprint density at radius 1 is 1.09 bits per heavy atom. The van der Waals surface area contributed by atoms with Crippen molar-refractivity contribution in [1.82, 2.24) is 4.90 Å². The van der Waals surface area contributed by atoms with E-state index in [1.54, 1.807) is 11.3 Å². The van der Waals surface area contributed by atoms with Crippen molar-refractivity contribution in [3.63, 3.8) is 0 Å². The number of carbonyl (C=O) groups excluding carboxylic acids is 1. The summed E-state index contributed by atoms with van der Waals surface area (Å²) in [7, 11) is 0. The number of hydrogen-bond acceptors (Lipinski definition) is 3. The SMILES string of the molecule is O=C(c1csc(C2CCOCC2)c1)N1CCCC2CCCCC21. The molecule has 3 aliphatic rings. The van der Waals surface area contributed by atoms with Gasteiger partial charge < -0.3 is 9.64 Å². The van der Waals surface area contributed by atoms with Crippen LogP contribution in [0.2, 0.25) is 0 Å². The van der Waals surface area contributed by atoms with Crippen molar-refractivity contribution in [2.24, 2.45) is 5.92 Å². The van der Waals surface area contributed by atoms with Gasteiger partial charge in [-0.2, -0.15) is 0 Å². The number of amides is 1. The zero-order valence-corrected chi connectivity index (χ0v) is 14.7. The minimum atomic E-state index is 0.288. The predicted octanol–water partition coefficient (Wildman–Crippen LogP) is 4.44. The van der Waals surface area contributed by atoms with E-state index in [0.29, 0.717) is 12.0 Å². The van der Waals surface area contributed by atoms with Crippen LogP contribution < -0.4 is 0 Å². The van der Waals surface area contributed by atoms with Crippen LogP contribution in [0.15, 0.2) is 11.4 Å². The molecule has 1 amide bonds. The lowest BCUT2D eigenvalue weighted by Crippen LogP contribution is -2.49. The molecule has 1 aromatic rings. The van der Waals surface area contributed by atoms with E-state index >= 15 is 0 Å². The number of fused-ring (bicyclic) bond motifs is 1. The highest BCUT2D eigenvalue weighted by atomic mass is 32.1. The summed E-state index contributed by atoms with van der Waals surface area (Å²) in [5, 5.41) is 2.10. The van der Waals surface area contributed by atoms with Gasteiger partial charge in [0.25, 0.3) is 5.91 Å². The third kappa shape index (κ3) is 3.20. The maximum Gasteiger partial charge on any atom is 0.254 e. The van der Waals surface area contributed by atoms with Gasteiger partial charge in [0.2, 0.25) is 0 Å². The van der Waals surface area contributed by atoms with Gasteiger partial charge in [-0.05, 0) is 56.4 Å². The first-order chi connectivity index (χ1) is 11.3. The quantitative estimate of drug-likeness (QED) is 0.801. The Hall–Kier alpha value is -0.870. The highest BCUT2D eigenvalue weighted by molar-refractivity contribution is 7.10. The van der Waals surface area contributed by atoms with Gasteiger partial charge in [-0.25, -0.2) is 0 Å². The van der Waals surface area contributed by atoms with Gasteiger partial charge in [-0.1, -0.05) is 12.8 Å². The zero-order valence-electron chi connectivity index (χ0n) is 13.8. The molecule has 3 heterocycles. The lowest BCUT2D eigenvalue weighted by molar-refractivity contribution is 0.0391. The number of likely N-dealkylation sites (tertiary alicyclic amines) is 1. The van der Waals surface area contributed by atoms with Gasteiger partial charge in [0.15, 0.2) is 0 Å². The Balaban J connectivity index is 1.48. The number of ether oxygens (including phenoxy) is 1. The van der Waals surface area contributed by atoms with E-state index in [4.69, 9.17) is 4.74 Å². The van der Waals surface area contributed by atoms with Crippen LogP contribution >= 0.6 is 11.3 Å². The molecule has 0 spiro atoms. The fraction of sp³-hybridized carbons (Fsp3) is 0.737. The highest BCUT2D eigenvalue weighted by Crippen LogP contribution is 2.37. The van der Waals surface area contributed by atoms with Crippen molar-refractivity contribution in [1.29, 1.82) is 0 Å². The Morgan fingerprint density at radius 3 is 2.74 bits per heavy atom. The maximum absolute atomic E-state index is 13.1. The molecule has 0 aromatic carbocycles. The summed E-state index contributed by atoms with van der Waals surface area (Å²) in [4.78, 5) is 16.7. The molecule has 1 aliphatic carbocycles. The van der Waals surface area contributed by atoms with Crippen LogP contribution in [0.1, 0.15) is 72.5 Å². The van der Waals surface area contributed by atoms with Crippen molar-refractivity contribution >= 4 is 17.2 Å². The van der Waals surface area contributed by atoms with Crippen molar-refractivity contribution < 1.29 is 9.53 Å². The molecular formula is C19H27NO2S. The smallest absolute Gasteiger partial charge is 0.254 e. The molecule has 2 saturated heterocycles. The van der Waals surface area contributed by atoms with Crippen molar-refractivity contribution in [2.75, 3.05) is 19.8 Å². The van der Waals surface area contributed by atoms with Gasteiger partial charge in [-0.15, -0.1) is 11.3 Å². The van der Waals surface area contributed by atoms with Gasteiger partial charge in [0.05, 0.1) is 5.56 Å². The molecule has 1 aromatic heterocycles. The highest BCUT2D eigenvalue weighted by Gasteiger charge is 2.36. The molecule has 2 atom stereocenters. The molecule has 126 valence electrons. The first-order valence-electron chi connectivity index (χ1n) is 9.30. The summed E-state index contributed by atoms with van der Waals surface area (Å²) in [5.41, 5.74) is 0.933. The fourth-order valence-electron chi connectivity index (χ4n) is 4.70. The number of nitrogens with zero attached hydrogens (tertiary/aromatic N) is 1. The number of piperidine rings is 1. The first kappa shape index (κ1) is 15.6. The van der Waals surface area contributed by atoms with Gasteiger partial charge in [-0.3, -0.25) is 4.79 Å². The second kappa shape index (κ2) is 6.94. The van der Waals surface area contributed by atoms with Crippen molar-refractivity contribution in [3.8, 4) is 0 Å². The normalized spacial score (nSPS) is 29.3. The Morgan fingerprint density at radius 2 is 1.87 bits per heavy atom. The summed E-state index contributed by atoms with van der Waals surface area (Å²) in [6, 6.07) is 2.69. The largest absolute Gasteiger partial charge is 0.381 e. The summed E-state index contributed by atoms with van der Waals surface area (Å²) in [5.74, 6) is 1.64. The topological polar surface area (TPSA) is 29.5 Å². The number of carbonyl (C=O) groups is 1. The van der Waals surface area contributed by atoms with Crippen LogP contribution in [0, 0.1) is 5.92 Å². The summed E-state index contributed by atoms with van der Waals surface area (Å²) in [6.45, 7) is 2.69. The molecule has 2 unspecified atom stereocenters. The first-order valence-corrected chi connectivity index (χ1v) is 10.2. The van der Waals surface area contributed by atoms with Crippen LogP contribution in [0.5, 0.6) is 0 Å². The van der Waals surface area contributed by atoms with E-state index in [0.717, 1.165) is 44.1 Å². The van der Waals surface area contributed by atoms with Gasteiger partial charge >= 0.3 is 0 Å². The molecule has 4 rings (SSSR count). The second-order valence-electron chi connectivity index (χ2n) is 7.38. The zero-order chi connectivity index (χ0) is 15.6. The van der Waals surface area contributed by atoms with Crippen LogP contribution in [-0.2, 0) is 4.74 Å². The average Bonchev–Trinajstić information content (AvgIpc) is 3.11. The molecule has 0 bridgehead atoms. The molecule has 0 N–H and O–H groups in total. The fourth-order valence-corrected chi connectivity index (χ4v) is 5.76. The van der Waals surface area contributed by atoms with Gasteiger partial charge in [0.1, 0.15) is 0 Å². The predicted molar refractivity (Wildman–Crippen MR) is 93.1 cm³/mol. The molecule has 4 heteroatoms. The van der Waals surface area contributed by atoms with Crippen molar-refractivity contribution in [3.05, 3.63) is 21.9 Å². The minimum Gasteiger partial charge on any atom is -0.381 e. The van der Waals surface area contributed by atoms with E-state index in [-0.39, 0.29) is 5.91 Å². The molecule has 3 nitrogen and oxygen atoms in total. The Kier molecular flexibility index (Phi) is 4.72. The Bertz CT molecular complexity index is 547. The third-order valence-corrected chi connectivity index (χ3v) is 7.09. The number of hydrogen-bond donors (Lipinski definition) is 0. The molecule has 2 aliphatic heterocycles. The molecule has 23 heavy (non-hydrogen) atoms. The lowest BCUT2D eigenvalue weighted by Gasteiger charge is -2.44.